The van der Waals surface area contributed by atoms with Crippen molar-refractivity contribution in [2.24, 2.45) is 17.6 Å². The van der Waals surface area contributed by atoms with E-state index in [0.717, 1.165) is 12.2 Å². The summed E-state index contributed by atoms with van der Waals surface area (Å²) in [6, 6.07) is 2.17. The third kappa shape index (κ3) is 2.85. The molecule has 0 aromatic carbocycles. The van der Waals surface area contributed by atoms with Gasteiger partial charge in [-0.15, -0.1) is 0 Å². The highest BCUT2D eigenvalue weighted by Crippen LogP contribution is 2.29. The Morgan fingerprint density at radius 3 is 2.68 bits per heavy atom. The Balaban J connectivity index is 2.37. The van der Waals surface area contributed by atoms with E-state index in [4.69, 9.17) is 11.1 Å². The normalized spacial score (nSPS) is 27.4. The lowest BCUT2D eigenvalue weighted by molar-refractivity contribution is 0.293. The maximum absolute atomic E-state index is 7.54. The molecule has 1 fully saturated rings. The van der Waals surface area contributed by atoms with Gasteiger partial charge in [-0.2, -0.15) is 0 Å². The van der Waals surface area contributed by atoms with E-state index in [0.29, 0.717) is 29.5 Å². The lowest BCUT2D eigenvalue weighted by Gasteiger charge is -2.41. The van der Waals surface area contributed by atoms with E-state index in [1.54, 1.807) is 6.07 Å². The van der Waals surface area contributed by atoms with Crippen LogP contribution in [0.1, 0.15) is 38.6 Å². The van der Waals surface area contributed by atoms with Gasteiger partial charge >= 0.3 is 0 Å². The molecule has 0 bridgehead atoms. The first kappa shape index (κ1) is 13.8. The first-order valence-electron chi connectivity index (χ1n) is 6.85. The van der Waals surface area contributed by atoms with E-state index < -0.39 is 0 Å². The Morgan fingerprint density at radius 2 is 2.05 bits per heavy atom. The third-order valence-corrected chi connectivity index (χ3v) is 3.97. The molecule has 0 radical (unpaired) electrons. The first-order valence-corrected chi connectivity index (χ1v) is 6.85. The van der Waals surface area contributed by atoms with Crippen molar-refractivity contribution in [3.8, 4) is 0 Å². The highest BCUT2D eigenvalue weighted by atomic mass is 15.3. The molecule has 1 aliphatic rings. The lowest BCUT2D eigenvalue weighted by atomic mass is 9.86. The molecule has 0 spiro atoms. The Hall–Kier alpha value is -1.65. The molecule has 3 atom stereocenters. The number of nitrogen functional groups attached to an aromatic ring is 1. The molecule has 1 aliphatic heterocycles. The fourth-order valence-electron chi connectivity index (χ4n) is 2.80. The average Bonchev–Trinajstić information content (AvgIpc) is 2.32. The van der Waals surface area contributed by atoms with Gasteiger partial charge < -0.3 is 10.6 Å². The van der Waals surface area contributed by atoms with Crippen LogP contribution in [-0.4, -0.2) is 28.4 Å². The van der Waals surface area contributed by atoms with Crippen LogP contribution in [0.2, 0.25) is 0 Å². The number of anilines is 1. The van der Waals surface area contributed by atoms with Crippen molar-refractivity contribution in [3.63, 3.8) is 0 Å². The number of hydrogen-bond acceptors (Lipinski definition) is 4. The summed E-state index contributed by atoms with van der Waals surface area (Å²) in [7, 11) is 0. The van der Waals surface area contributed by atoms with E-state index in [1.807, 2.05) is 6.92 Å². The number of nitrogens with one attached hydrogen (secondary N) is 1. The molecular formula is C14H23N5. The summed E-state index contributed by atoms with van der Waals surface area (Å²) in [5.41, 5.74) is 6.91. The number of hydrogen-bond donors (Lipinski definition) is 2. The monoisotopic (exact) mass is 261 g/mol. The maximum atomic E-state index is 7.54. The first-order chi connectivity index (χ1) is 8.88. The molecule has 1 aromatic rings. The Bertz CT molecular complexity index is 485. The second kappa shape index (κ2) is 5.15. The van der Waals surface area contributed by atoms with Crippen molar-refractivity contribution in [1.29, 1.82) is 5.41 Å². The summed E-state index contributed by atoms with van der Waals surface area (Å²) in [4.78, 5) is 11.2. The average molecular weight is 261 g/mol. The Kier molecular flexibility index (Phi) is 3.73. The SMILES string of the molecule is Cc1cc(C(=N)N)nc(N2CC(C)CC(C)C2C)n1. The molecule has 3 unspecified atom stereocenters. The van der Waals surface area contributed by atoms with Crippen molar-refractivity contribution < 1.29 is 0 Å². The van der Waals surface area contributed by atoms with Gasteiger partial charge in [0.05, 0.1) is 0 Å². The van der Waals surface area contributed by atoms with E-state index in [1.165, 1.54) is 6.42 Å². The number of rotatable bonds is 2. The molecule has 0 aliphatic carbocycles. The van der Waals surface area contributed by atoms with Gasteiger partial charge in [-0.25, -0.2) is 9.97 Å². The smallest absolute Gasteiger partial charge is 0.226 e. The van der Waals surface area contributed by atoms with E-state index >= 15 is 0 Å². The molecule has 0 amide bonds. The van der Waals surface area contributed by atoms with Gasteiger partial charge in [-0.1, -0.05) is 13.8 Å². The number of nitrogens with two attached hydrogens (primary N) is 1. The summed E-state index contributed by atoms with van der Waals surface area (Å²) >= 11 is 0. The van der Waals surface area contributed by atoms with Gasteiger partial charge in [0.2, 0.25) is 5.95 Å². The van der Waals surface area contributed by atoms with Crippen LogP contribution in [0.4, 0.5) is 5.95 Å². The van der Waals surface area contributed by atoms with Crippen LogP contribution >= 0.6 is 0 Å². The number of nitrogens with zero attached hydrogens (tertiary/aromatic N) is 3. The highest BCUT2D eigenvalue weighted by molar-refractivity contribution is 5.93. The number of aromatic nitrogens is 2. The summed E-state index contributed by atoms with van der Waals surface area (Å²) in [6.45, 7) is 9.63. The van der Waals surface area contributed by atoms with Gasteiger partial charge in [0.15, 0.2) is 0 Å². The van der Waals surface area contributed by atoms with Crippen LogP contribution in [0.25, 0.3) is 0 Å². The molecule has 19 heavy (non-hydrogen) atoms. The highest BCUT2D eigenvalue weighted by Gasteiger charge is 2.30. The van der Waals surface area contributed by atoms with Crippen LogP contribution in [0, 0.1) is 24.2 Å². The minimum absolute atomic E-state index is 0.00231. The van der Waals surface area contributed by atoms with E-state index in [-0.39, 0.29) is 5.84 Å². The van der Waals surface area contributed by atoms with Gasteiger partial charge in [0.1, 0.15) is 11.5 Å². The topological polar surface area (TPSA) is 78.9 Å². The minimum atomic E-state index is -0.00231. The molecule has 5 nitrogen and oxygen atoms in total. The molecular weight excluding hydrogens is 238 g/mol. The molecule has 2 rings (SSSR count). The molecule has 0 saturated carbocycles. The van der Waals surface area contributed by atoms with Crippen LogP contribution < -0.4 is 10.6 Å². The molecule has 5 heteroatoms. The van der Waals surface area contributed by atoms with Crippen LogP contribution in [0.3, 0.4) is 0 Å². The van der Waals surface area contributed by atoms with Gasteiger partial charge in [-0.05, 0) is 38.2 Å². The van der Waals surface area contributed by atoms with Crippen molar-refractivity contribution in [2.75, 3.05) is 11.4 Å². The second-order valence-electron chi connectivity index (χ2n) is 5.82. The predicted molar refractivity (Wildman–Crippen MR) is 77.5 cm³/mol. The van der Waals surface area contributed by atoms with E-state index in [9.17, 15) is 0 Å². The fraction of sp³-hybridized carbons (Fsp3) is 0.643. The largest absolute Gasteiger partial charge is 0.382 e. The van der Waals surface area contributed by atoms with Crippen molar-refractivity contribution in [1.82, 2.24) is 9.97 Å². The van der Waals surface area contributed by atoms with Gasteiger partial charge in [-0.3, -0.25) is 5.41 Å². The second-order valence-corrected chi connectivity index (χ2v) is 5.82. The molecule has 1 saturated heterocycles. The maximum Gasteiger partial charge on any atom is 0.226 e. The fourth-order valence-corrected chi connectivity index (χ4v) is 2.80. The minimum Gasteiger partial charge on any atom is -0.382 e. The summed E-state index contributed by atoms with van der Waals surface area (Å²) in [5.74, 6) is 1.96. The standard InChI is InChI=1S/C14H23N5/c1-8-5-9(2)11(4)19(7-8)14-17-10(3)6-12(18-14)13(15)16/h6,8-9,11H,5,7H2,1-4H3,(H3,15,16). The van der Waals surface area contributed by atoms with E-state index in [2.05, 4.69) is 35.6 Å². The quantitative estimate of drug-likeness (QED) is 0.630. The Morgan fingerprint density at radius 1 is 1.37 bits per heavy atom. The van der Waals surface area contributed by atoms with Gasteiger partial charge in [0, 0.05) is 18.3 Å². The lowest BCUT2D eigenvalue weighted by Crippen LogP contribution is -2.46. The number of amidine groups is 1. The zero-order valence-electron chi connectivity index (χ0n) is 12.1. The summed E-state index contributed by atoms with van der Waals surface area (Å²) in [5, 5.41) is 7.54. The van der Waals surface area contributed by atoms with Gasteiger partial charge in [0.25, 0.3) is 0 Å². The molecule has 104 valence electrons. The molecule has 2 heterocycles. The molecule has 1 aromatic heterocycles. The zero-order valence-corrected chi connectivity index (χ0v) is 12.1. The summed E-state index contributed by atoms with van der Waals surface area (Å²) in [6.07, 6.45) is 1.24. The third-order valence-electron chi connectivity index (χ3n) is 3.97. The number of aryl methyl sites for hydroxylation is 1. The summed E-state index contributed by atoms with van der Waals surface area (Å²) < 4.78 is 0. The number of piperidine rings is 1. The van der Waals surface area contributed by atoms with Crippen LogP contribution in [0.5, 0.6) is 0 Å². The Labute approximate surface area is 114 Å². The predicted octanol–water partition coefficient (Wildman–Crippen LogP) is 1.94. The van der Waals surface area contributed by atoms with Crippen LogP contribution in [-0.2, 0) is 0 Å². The zero-order chi connectivity index (χ0) is 14.2. The van der Waals surface area contributed by atoms with Crippen molar-refractivity contribution >= 4 is 11.8 Å². The van der Waals surface area contributed by atoms with Crippen molar-refractivity contribution in [3.05, 3.63) is 17.5 Å². The molecule has 3 N–H and O–H groups in total. The van der Waals surface area contributed by atoms with Crippen molar-refractivity contribution in [2.45, 2.75) is 40.2 Å². The van der Waals surface area contributed by atoms with Crippen LogP contribution in [0.15, 0.2) is 6.07 Å².